The third kappa shape index (κ3) is 18.5. The molecule has 0 unspecified atom stereocenters. The number of hydrogen-bond acceptors (Lipinski definition) is 20. The molecule has 8 heterocycles. The van der Waals surface area contributed by atoms with Crippen molar-refractivity contribution < 1.29 is 64.6 Å². The minimum Gasteiger partial charge on any atom is -0.495 e. The molecule has 110 heavy (non-hydrogen) atoms. The topological polar surface area (TPSA) is 349 Å². The number of rotatable bonds is 20. The summed E-state index contributed by atoms with van der Waals surface area (Å²) < 4.78 is 83.2. The van der Waals surface area contributed by atoms with E-state index in [0.29, 0.717) is 134 Å². The van der Waals surface area contributed by atoms with Gasteiger partial charge in [-0.15, -0.1) is 33.4 Å². The summed E-state index contributed by atoms with van der Waals surface area (Å²) in [5.41, 5.74) is 0.662. The first-order valence-corrected chi connectivity index (χ1v) is 42.0. The summed E-state index contributed by atoms with van der Waals surface area (Å²) in [5, 5.41) is 18.3. The SMILES string of the molecule is C#C[C@@H]1CCCN1S(=O)(=O)NC(=O)[C@@]12C[C@H]1/C=C\CCCCN(C)C(=O)N[C@@H](CCOc1cc(-c3nc(C(C)C)cs3)nc3c(Cl)c(OC)ccc13)C(=O)N2.[C-]#[N+][C@@H]1CCCN1S(=O)(=O)NC(=O)[C@@]12C[C@H]1/C=C\CCCCN(C)C(=O)N[C@@H](CCOc1cc(-c3nc(C(C)C)cs3)nc3c(Cl)c(OC)ccc13)C(=O)N2. The standard InChI is InChI=1S/C38H46ClN7O7S2.C37H45ClN8O7S2/c1-6-25-13-11-18-46(25)55(50,51)44-36(48)38-21-24(38)12-9-7-8-10-17-45(4)37(49)42-27(34(47)43-38)16-19-53-31-20-28(35-41-29(22-54-35)23(2)3)40-33-26(31)14-15-30(52-5)32(33)39;1-22(2)27-21-54-34(41-27)26-19-29(24-13-14-28(52-5)31(38)32(24)40-26)53-18-15-25-33(47)43-37(35(48)44-55(50,51)46-17-10-12-30(46)39-3)20-23(37)11-8-6-7-9-16-45(4)36(49)42-25/h1,9,12,14-15,20,22-25,27H,7-8,10-11,13,16-19,21H2,2-5H3,(H,42,49)(H,43,47)(H,44,48);8,11,13-14,19,21-23,25,30H,6-7,9-10,12,15-18,20H2,1-2,4-5H3,(H,42,49)(H,43,47)(H,44,48)/b12-9-;11-8-/t24-,25-,27+,38-;23-,25+,30+,37-/m11/s1. The number of methoxy groups -OCH3 is 2. The minimum atomic E-state index is -4.36. The number of urea groups is 2. The van der Waals surface area contributed by atoms with Crippen LogP contribution in [-0.2, 0) is 39.6 Å². The van der Waals surface area contributed by atoms with Crippen molar-refractivity contribution in [3.05, 3.63) is 104 Å². The Hall–Kier alpha value is -8.93. The quantitative estimate of drug-likeness (QED) is 0.0235. The van der Waals surface area contributed by atoms with Crippen LogP contribution in [0.25, 0.3) is 48.1 Å². The number of benzene rings is 2. The van der Waals surface area contributed by atoms with Crippen LogP contribution in [0, 0.1) is 30.8 Å². The lowest BCUT2D eigenvalue weighted by Crippen LogP contribution is -2.59. The normalized spacial score (nSPS) is 24.3. The maximum absolute atomic E-state index is 14.1. The van der Waals surface area contributed by atoms with Crippen molar-refractivity contribution in [1.29, 1.82) is 0 Å². The van der Waals surface area contributed by atoms with Crippen LogP contribution >= 0.6 is 45.9 Å². The number of carbonyl (C=O) groups is 6. The number of halogens is 2. The predicted molar refractivity (Wildman–Crippen MR) is 420 cm³/mol. The van der Waals surface area contributed by atoms with Gasteiger partial charge in [0.05, 0.1) is 55.9 Å². The summed E-state index contributed by atoms with van der Waals surface area (Å²) in [4.78, 5) is 108. The molecule has 0 spiro atoms. The second-order valence-electron chi connectivity index (χ2n) is 28.6. The van der Waals surface area contributed by atoms with Crippen LogP contribution in [0.15, 0.2) is 71.5 Å². The largest absolute Gasteiger partial charge is 0.495 e. The van der Waals surface area contributed by atoms with Gasteiger partial charge in [-0.3, -0.25) is 24.0 Å². The lowest BCUT2D eigenvalue weighted by molar-refractivity contribution is -0.130. The number of terminal acetylenes is 1. The summed E-state index contributed by atoms with van der Waals surface area (Å²) in [6.07, 6.45) is 18.8. The molecule has 2 saturated heterocycles. The fraction of sp³-hybridized carbons (Fsp3) is 0.507. The Labute approximate surface area is 658 Å². The first kappa shape index (κ1) is 82.0. The van der Waals surface area contributed by atoms with Gasteiger partial charge in [-0.2, -0.15) is 21.1 Å². The monoisotopic (exact) mass is 1620 g/mol. The lowest BCUT2D eigenvalue weighted by atomic mass is 10.1. The summed E-state index contributed by atoms with van der Waals surface area (Å²) >= 11 is 16.4. The Bertz CT molecular complexity index is 4570. The third-order valence-electron chi connectivity index (χ3n) is 20.3. The molecule has 12 rings (SSSR count). The molecule has 0 radical (unpaired) electrons. The number of pyridine rings is 2. The van der Waals surface area contributed by atoms with E-state index in [4.69, 9.17) is 75.1 Å². The molecule has 4 aliphatic heterocycles. The number of nitrogens with one attached hydrogen (secondary N) is 6. The summed E-state index contributed by atoms with van der Waals surface area (Å²) in [7, 11) is -2.34. The number of ether oxygens (including phenoxy) is 4. The van der Waals surface area contributed by atoms with Crippen molar-refractivity contribution in [2.45, 2.75) is 165 Å². The molecule has 8 amide bonds. The van der Waals surface area contributed by atoms with Crippen molar-refractivity contribution in [3.8, 4) is 56.7 Å². The van der Waals surface area contributed by atoms with E-state index >= 15 is 0 Å². The van der Waals surface area contributed by atoms with Gasteiger partial charge in [0.25, 0.3) is 18.0 Å². The number of nitrogens with zero attached hydrogens (tertiary/aromatic N) is 9. The molecule has 6 N–H and O–H groups in total. The molecular weight excluding hydrogens is 1530 g/mol. The van der Waals surface area contributed by atoms with Gasteiger partial charge in [0.2, 0.25) is 11.8 Å². The van der Waals surface area contributed by atoms with E-state index in [9.17, 15) is 45.6 Å². The number of carbonyl (C=O) groups excluding carboxylic acids is 6. The van der Waals surface area contributed by atoms with Gasteiger partial charge in [0.15, 0.2) is 0 Å². The van der Waals surface area contributed by atoms with Crippen LogP contribution in [0.5, 0.6) is 23.0 Å². The smallest absolute Gasteiger partial charge is 0.317 e. The average molecular weight is 1630 g/mol. The zero-order chi connectivity index (χ0) is 79.0. The second-order valence-corrected chi connectivity index (χ2v) is 34.3. The maximum atomic E-state index is 14.1. The average Bonchev–Trinajstić information content (AvgIpc) is 1.57. The van der Waals surface area contributed by atoms with Crippen LogP contribution in [0.1, 0.15) is 141 Å². The van der Waals surface area contributed by atoms with Crippen LogP contribution in [0.4, 0.5) is 9.59 Å². The Balaban J connectivity index is 0.000000218. The molecule has 6 aromatic rings. The van der Waals surface area contributed by atoms with Crippen molar-refractivity contribution in [1.82, 2.24) is 69.1 Å². The minimum absolute atomic E-state index is 0.00265. The zero-order valence-electron chi connectivity index (χ0n) is 62.4. The number of aromatic nitrogens is 4. The van der Waals surface area contributed by atoms with Gasteiger partial charge in [0, 0.05) is 105 Å². The second kappa shape index (κ2) is 35.2. The van der Waals surface area contributed by atoms with Crippen LogP contribution < -0.4 is 49.7 Å². The highest BCUT2D eigenvalue weighted by atomic mass is 35.5. The van der Waals surface area contributed by atoms with E-state index in [0.717, 1.165) is 39.3 Å². The molecule has 8 atom stereocenters. The van der Waals surface area contributed by atoms with Gasteiger partial charge in [0.1, 0.15) is 77.6 Å². The highest BCUT2D eigenvalue weighted by molar-refractivity contribution is 7.88. The van der Waals surface area contributed by atoms with Gasteiger partial charge in [-0.05, 0) is 107 Å². The molecule has 4 fully saturated rings. The van der Waals surface area contributed by atoms with Crippen molar-refractivity contribution in [2.24, 2.45) is 11.8 Å². The molecule has 2 saturated carbocycles. The van der Waals surface area contributed by atoms with Crippen LogP contribution in [0.3, 0.4) is 0 Å². The summed E-state index contributed by atoms with van der Waals surface area (Å²) in [6, 6.07) is 6.54. The number of hydrogen-bond donors (Lipinski definition) is 6. The highest BCUT2D eigenvalue weighted by Crippen LogP contribution is 2.48. The van der Waals surface area contributed by atoms with Gasteiger partial charge >= 0.3 is 32.5 Å². The lowest BCUT2D eigenvalue weighted by Gasteiger charge is -2.27. The van der Waals surface area contributed by atoms with E-state index in [1.54, 1.807) is 50.5 Å². The zero-order valence-corrected chi connectivity index (χ0v) is 67.2. The highest BCUT2D eigenvalue weighted by Gasteiger charge is 2.63. The predicted octanol–water partition coefficient (Wildman–Crippen LogP) is 10.2. The number of amides is 8. The Morgan fingerprint density at radius 3 is 1.50 bits per heavy atom. The van der Waals surface area contributed by atoms with Gasteiger partial charge in [-0.25, -0.2) is 45.5 Å². The first-order chi connectivity index (χ1) is 52.5. The summed E-state index contributed by atoms with van der Waals surface area (Å²) in [5.74, 6) is 0.569. The molecule has 35 heteroatoms. The molecule has 2 aromatic carbocycles. The molecule has 6 aliphatic rings. The fourth-order valence-electron chi connectivity index (χ4n) is 13.5. The Morgan fingerprint density at radius 1 is 0.645 bits per heavy atom. The molecule has 29 nitrogen and oxygen atoms in total. The maximum Gasteiger partial charge on any atom is 0.317 e. The van der Waals surface area contributed by atoms with E-state index in [2.05, 4.69) is 69.2 Å². The molecular formula is C75H91Cl2N15O14S4. The third-order valence-corrected chi connectivity index (χ3v) is 25.8. The molecule has 4 aromatic heterocycles. The Kier molecular flexibility index (Phi) is 26.2. The number of thiazole rings is 2. The first-order valence-electron chi connectivity index (χ1n) is 36.6. The van der Waals surface area contributed by atoms with E-state index in [1.165, 1.54) is 46.7 Å². The summed E-state index contributed by atoms with van der Waals surface area (Å²) in [6.45, 7) is 16.7. The van der Waals surface area contributed by atoms with Crippen molar-refractivity contribution >= 4 is 124 Å². The van der Waals surface area contributed by atoms with Crippen LogP contribution in [0.2, 0.25) is 10.0 Å². The van der Waals surface area contributed by atoms with Gasteiger partial charge in [-0.1, -0.05) is 81.1 Å². The van der Waals surface area contributed by atoms with Gasteiger partial charge < -0.3 is 50.0 Å². The van der Waals surface area contributed by atoms with Crippen molar-refractivity contribution in [2.75, 3.05) is 67.7 Å². The van der Waals surface area contributed by atoms with E-state index in [-0.39, 0.29) is 63.8 Å². The van der Waals surface area contributed by atoms with Crippen molar-refractivity contribution in [3.63, 3.8) is 0 Å². The molecule has 0 bridgehead atoms. The van der Waals surface area contributed by atoms with E-state index < -0.39 is 103 Å². The number of fused-ring (bicyclic) bond motifs is 4. The molecule has 2 aliphatic carbocycles. The number of allylic oxidation sites excluding steroid dienone is 2. The molecule has 588 valence electrons. The Morgan fingerprint density at radius 2 is 1.08 bits per heavy atom. The fourth-order valence-corrected chi connectivity index (χ4v) is 18.8. The van der Waals surface area contributed by atoms with Crippen LogP contribution in [-0.4, -0.2) is 194 Å². The van der Waals surface area contributed by atoms with E-state index in [1.807, 2.05) is 35.1 Å².